The number of Topliss-reactive ketones (excluding diaryl/α,β-unsaturated/α-hetero) is 1. The molecule has 306 valence electrons. The van der Waals surface area contributed by atoms with Crippen LogP contribution in [-0.2, 0) is 19.1 Å². The number of carbonyl (C=O) groups excluding carboxylic acids is 4. The fraction of sp³-hybridized carbons (Fsp3) is 0.319. The maximum atomic E-state index is 14.0. The van der Waals surface area contributed by atoms with E-state index in [0.29, 0.717) is 6.42 Å². The van der Waals surface area contributed by atoms with E-state index in [1.54, 1.807) is 0 Å². The summed E-state index contributed by atoms with van der Waals surface area (Å²) in [6.45, 7) is 0. The maximum absolute atomic E-state index is 14.0. The van der Waals surface area contributed by atoms with Crippen molar-refractivity contribution in [2.75, 3.05) is 14.2 Å². The highest BCUT2D eigenvalue weighted by Gasteiger charge is 2.45. The summed E-state index contributed by atoms with van der Waals surface area (Å²) in [6, 6.07) is 30.9. The highest BCUT2D eigenvalue weighted by atomic mass is 16.5. The predicted molar refractivity (Wildman–Crippen MR) is 226 cm³/mol. The molecule has 9 rings (SSSR count). The van der Waals surface area contributed by atoms with Crippen LogP contribution in [0.2, 0.25) is 0 Å². The van der Waals surface area contributed by atoms with Crippen LogP contribution in [0.5, 0.6) is 0 Å². The summed E-state index contributed by atoms with van der Waals surface area (Å²) in [5, 5.41) is 5.45. The number of H-pyrrole nitrogens is 2. The molecule has 2 aliphatic heterocycles. The standard InChI is InChI=1S/C47H47N7O6/c1-59-46(57)52-37-23-20-33-21-24-40(54(33)45(37)56)44-48-26-39(51-44)30-17-15-28(16-18-30)27-11-13-29(14-12-27)32-19-22-36-38(25-32)50-43(49-36)35-10-6-9-34(35)42(55)41(53-47(58)60-2)31-7-4-3-5-8-31/h3-5,7-8,11-19,22,25-26,33-35,37,40-41H,6,9-10,20-21,23-24H2,1-2H3,(H,48,51)(H,49,50)(H,52,57)(H,53,58)/t33-,34?,35?,37-,40-,41+/m0/s1. The molecule has 4 heterocycles. The highest BCUT2D eigenvalue weighted by Crippen LogP contribution is 2.43. The lowest BCUT2D eigenvalue weighted by molar-refractivity contribution is -0.139. The number of amides is 3. The van der Waals surface area contributed by atoms with Gasteiger partial charge in [-0.05, 0) is 84.0 Å². The normalized spacial score (nSPS) is 21.7. The summed E-state index contributed by atoms with van der Waals surface area (Å²) < 4.78 is 9.59. The van der Waals surface area contributed by atoms with Crippen molar-refractivity contribution in [1.82, 2.24) is 35.5 Å². The Morgan fingerprint density at radius 1 is 0.733 bits per heavy atom. The Bertz CT molecular complexity index is 2530. The molecule has 4 aromatic carbocycles. The van der Waals surface area contributed by atoms with Crippen LogP contribution in [0.3, 0.4) is 0 Å². The number of nitrogens with zero attached hydrogens (tertiary/aromatic N) is 3. The van der Waals surface area contributed by atoms with Crippen LogP contribution in [0.25, 0.3) is 44.5 Å². The number of aromatic nitrogens is 4. The van der Waals surface area contributed by atoms with Gasteiger partial charge in [0.25, 0.3) is 0 Å². The van der Waals surface area contributed by atoms with Crippen molar-refractivity contribution in [3.05, 3.63) is 120 Å². The number of ether oxygens (including phenoxy) is 2. The maximum Gasteiger partial charge on any atom is 0.407 e. The minimum Gasteiger partial charge on any atom is -0.453 e. The topological polar surface area (TPSA) is 171 Å². The van der Waals surface area contributed by atoms with E-state index < -0.39 is 24.3 Å². The Labute approximate surface area is 347 Å². The van der Waals surface area contributed by atoms with E-state index in [2.05, 4.69) is 81.3 Å². The van der Waals surface area contributed by atoms with Gasteiger partial charge in [-0.1, -0.05) is 91.3 Å². The van der Waals surface area contributed by atoms with Gasteiger partial charge in [-0.2, -0.15) is 0 Å². The van der Waals surface area contributed by atoms with Crippen molar-refractivity contribution >= 4 is 34.9 Å². The zero-order valence-electron chi connectivity index (χ0n) is 33.5. The first kappa shape index (κ1) is 38.7. The molecular weight excluding hydrogens is 759 g/mol. The van der Waals surface area contributed by atoms with Crippen LogP contribution in [-0.4, -0.2) is 75.0 Å². The van der Waals surface area contributed by atoms with Gasteiger partial charge in [-0.25, -0.2) is 19.6 Å². The van der Waals surface area contributed by atoms with E-state index in [-0.39, 0.29) is 35.6 Å². The number of nitrogens with one attached hydrogen (secondary N) is 4. The lowest BCUT2D eigenvalue weighted by Gasteiger charge is -2.37. The number of methoxy groups -OCH3 is 2. The van der Waals surface area contributed by atoms with Gasteiger partial charge in [0.2, 0.25) is 5.91 Å². The quantitative estimate of drug-likeness (QED) is 0.107. The molecule has 3 amide bonds. The van der Waals surface area contributed by atoms with Crippen LogP contribution in [0.1, 0.15) is 80.2 Å². The molecule has 13 heteroatoms. The fourth-order valence-electron chi connectivity index (χ4n) is 9.48. The molecule has 13 nitrogen and oxygen atoms in total. The number of ketones is 1. The van der Waals surface area contributed by atoms with Gasteiger partial charge >= 0.3 is 12.2 Å². The number of carbonyl (C=O) groups is 4. The van der Waals surface area contributed by atoms with E-state index in [0.717, 1.165) is 100 Å². The first-order valence-electron chi connectivity index (χ1n) is 20.6. The smallest absolute Gasteiger partial charge is 0.407 e. The average molecular weight is 806 g/mol. The molecule has 0 bridgehead atoms. The second-order valence-corrected chi connectivity index (χ2v) is 16.0. The number of alkyl carbamates (subject to hydrolysis) is 2. The first-order chi connectivity index (χ1) is 29.3. The molecule has 6 atom stereocenters. The van der Waals surface area contributed by atoms with Gasteiger partial charge in [0.05, 0.1) is 43.2 Å². The third kappa shape index (κ3) is 7.51. The molecule has 60 heavy (non-hydrogen) atoms. The lowest BCUT2D eigenvalue weighted by atomic mass is 9.85. The van der Waals surface area contributed by atoms with Crippen LogP contribution >= 0.6 is 0 Å². The molecular formula is C47H47N7O6. The Kier molecular flexibility index (Phi) is 10.6. The number of piperidine rings is 1. The molecule has 6 aromatic rings. The zero-order chi connectivity index (χ0) is 41.3. The molecule has 1 saturated carbocycles. The predicted octanol–water partition coefficient (Wildman–Crippen LogP) is 8.39. The third-order valence-electron chi connectivity index (χ3n) is 12.6. The number of aromatic amines is 2. The van der Waals surface area contributed by atoms with E-state index in [9.17, 15) is 19.2 Å². The average Bonchev–Trinajstić information content (AvgIpc) is 4.13. The molecule has 1 aliphatic carbocycles. The number of imidazole rings is 2. The minimum atomic E-state index is -0.806. The van der Waals surface area contributed by atoms with Crippen molar-refractivity contribution in [2.45, 2.75) is 75.0 Å². The summed E-state index contributed by atoms with van der Waals surface area (Å²) >= 11 is 0. The van der Waals surface area contributed by atoms with Crippen molar-refractivity contribution in [2.24, 2.45) is 5.92 Å². The summed E-state index contributed by atoms with van der Waals surface area (Å²) in [4.78, 5) is 70.1. The lowest BCUT2D eigenvalue weighted by Crippen LogP contribution is -2.54. The SMILES string of the molecule is COC(=O)N[C@H]1CC[C@H]2CC[C@@H](c3ncc(-c4ccc(-c5ccc(-c6ccc7nc(C8CCCC8C(=O)[C@H](NC(=O)OC)c8ccccc8)[nH]c7c6)cc5)cc4)[nH]3)N2C1=O. The number of fused-ring (bicyclic) bond motifs is 2. The molecule has 4 N–H and O–H groups in total. The first-order valence-corrected chi connectivity index (χ1v) is 20.6. The number of hydrogen-bond acceptors (Lipinski definition) is 8. The van der Waals surface area contributed by atoms with Gasteiger partial charge < -0.3 is 35.0 Å². The monoisotopic (exact) mass is 805 g/mol. The van der Waals surface area contributed by atoms with Gasteiger partial charge in [-0.3, -0.25) is 9.59 Å². The number of rotatable bonds is 10. The second-order valence-electron chi connectivity index (χ2n) is 16.0. The van der Waals surface area contributed by atoms with Gasteiger partial charge in [0.15, 0.2) is 5.78 Å². The van der Waals surface area contributed by atoms with Crippen LogP contribution in [0.15, 0.2) is 103 Å². The van der Waals surface area contributed by atoms with Crippen molar-refractivity contribution in [3.8, 4) is 33.5 Å². The molecule has 3 fully saturated rings. The van der Waals surface area contributed by atoms with E-state index in [1.807, 2.05) is 47.5 Å². The van der Waals surface area contributed by atoms with E-state index in [1.165, 1.54) is 14.2 Å². The fourth-order valence-corrected chi connectivity index (χ4v) is 9.48. The van der Waals surface area contributed by atoms with Crippen LogP contribution < -0.4 is 10.6 Å². The van der Waals surface area contributed by atoms with Crippen molar-refractivity contribution in [3.63, 3.8) is 0 Å². The molecule has 0 radical (unpaired) electrons. The Morgan fingerprint density at radius 2 is 1.40 bits per heavy atom. The Morgan fingerprint density at radius 3 is 2.12 bits per heavy atom. The summed E-state index contributed by atoms with van der Waals surface area (Å²) in [5.74, 6) is 1.03. The Balaban J connectivity index is 0.871. The molecule has 3 aliphatic rings. The van der Waals surface area contributed by atoms with E-state index in [4.69, 9.17) is 19.4 Å². The third-order valence-corrected chi connectivity index (χ3v) is 12.6. The van der Waals surface area contributed by atoms with Crippen LogP contribution in [0, 0.1) is 5.92 Å². The second kappa shape index (κ2) is 16.5. The largest absolute Gasteiger partial charge is 0.453 e. The summed E-state index contributed by atoms with van der Waals surface area (Å²) in [6.07, 6.45) is 6.19. The summed E-state index contributed by atoms with van der Waals surface area (Å²) in [7, 11) is 2.60. The van der Waals surface area contributed by atoms with Crippen molar-refractivity contribution < 1.29 is 28.7 Å². The number of benzene rings is 4. The Hall–Kier alpha value is -6.76. The molecule has 0 spiro atoms. The van der Waals surface area contributed by atoms with Gasteiger partial charge in [-0.15, -0.1) is 0 Å². The zero-order valence-corrected chi connectivity index (χ0v) is 33.5. The van der Waals surface area contributed by atoms with Crippen LogP contribution in [0.4, 0.5) is 9.59 Å². The van der Waals surface area contributed by atoms with Crippen molar-refractivity contribution in [1.29, 1.82) is 0 Å². The summed E-state index contributed by atoms with van der Waals surface area (Å²) in [5.41, 5.74) is 8.63. The minimum absolute atomic E-state index is 0.0409. The molecule has 2 aromatic heterocycles. The van der Waals surface area contributed by atoms with Gasteiger partial charge in [0, 0.05) is 17.9 Å². The van der Waals surface area contributed by atoms with E-state index >= 15 is 0 Å². The molecule has 2 unspecified atom stereocenters. The van der Waals surface area contributed by atoms with Gasteiger partial charge in [0.1, 0.15) is 23.7 Å². The molecule has 2 saturated heterocycles. The number of hydrogen-bond donors (Lipinski definition) is 4. The highest BCUT2D eigenvalue weighted by molar-refractivity contribution is 5.91.